The largest absolute Gasteiger partial charge is 0.444 e. The molecule has 0 saturated carbocycles. The summed E-state index contributed by atoms with van der Waals surface area (Å²) in [5, 5.41) is 5.30. The number of ether oxygens (including phenoxy) is 5. The van der Waals surface area contributed by atoms with Gasteiger partial charge in [-0.1, -0.05) is 12.8 Å². The molecule has 0 aliphatic heterocycles. The van der Waals surface area contributed by atoms with Gasteiger partial charge in [0, 0.05) is 25.6 Å². The van der Waals surface area contributed by atoms with E-state index in [1.54, 1.807) is 20.8 Å². The summed E-state index contributed by atoms with van der Waals surface area (Å²) in [6.45, 7) is 9.32. The van der Waals surface area contributed by atoms with Crippen molar-refractivity contribution in [3.63, 3.8) is 0 Å². The highest BCUT2D eigenvalue weighted by molar-refractivity contribution is 6.17. The van der Waals surface area contributed by atoms with E-state index < -0.39 is 11.7 Å². The maximum atomic E-state index is 11.6. The van der Waals surface area contributed by atoms with E-state index in [4.69, 9.17) is 35.3 Å². The van der Waals surface area contributed by atoms with Crippen molar-refractivity contribution in [2.75, 3.05) is 71.8 Å². The summed E-state index contributed by atoms with van der Waals surface area (Å²) in [7, 11) is 0. The lowest BCUT2D eigenvalue weighted by Gasteiger charge is -2.19. The van der Waals surface area contributed by atoms with Crippen LogP contribution in [0.25, 0.3) is 0 Å². The van der Waals surface area contributed by atoms with Crippen LogP contribution in [-0.2, 0) is 28.5 Å². The van der Waals surface area contributed by atoms with E-state index in [0.29, 0.717) is 52.7 Å². The van der Waals surface area contributed by atoms with Crippen LogP contribution in [0.4, 0.5) is 4.79 Å². The smallest absolute Gasteiger partial charge is 0.407 e. The molecule has 9 nitrogen and oxygen atoms in total. The molecule has 2 N–H and O–H groups in total. The van der Waals surface area contributed by atoms with Gasteiger partial charge in [-0.15, -0.1) is 11.6 Å². The first-order valence-electron chi connectivity index (χ1n) is 11.0. The van der Waals surface area contributed by atoms with Crippen LogP contribution < -0.4 is 10.6 Å². The molecule has 0 aliphatic carbocycles. The Labute approximate surface area is 191 Å². The molecule has 184 valence electrons. The predicted molar refractivity (Wildman–Crippen MR) is 120 cm³/mol. The van der Waals surface area contributed by atoms with Gasteiger partial charge in [0.15, 0.2) is 0 Å². The fraction of sp³-hybridized carbons (Fsp3) is 0.905. The average molecular weight is 469 g/mol. The Morgan fingerprint density at radius 1 is 0.710 bits per heavy atom. The Balaban J connectivity index is 3.27. The minimum absolute atomic E-state index is 0.0354. The lowest BCUT2D eigenvalue weighted by molar-refractivity contribution is -0.126. The van der Waals surface area contributed by atoms with Crippen molar-refractivity contribution in [3.05, 3.63) is 0 Å². The number of alkyl halides is 1. The van der Waals surface area contributed by atoms with Crippen LogP contribution in [0.2, 0.25) is 0 Å². The first kappa shape index (κ1) is 29.9. The molecule has 0 aromatic rings. The number of nitrogens with one attached hydrogen (secondary N) is 2. The Kier molecular flexibility index (Phi) is 20.0. The number of carbonyl (C=O) groups excluding carboxylic acids is 2. The summed E-state index contributed by atoms with van der Waals surface area (Å²) in [5.41, 5.74) is -0.524. The zero-order valence-electron chi connectivity index (χ0n) is 19.3. The van der Waals surface area contributed by atoms with E-state index in [-0.39, 0.29) is 12.5 Å². The Bertz CT molecular complexity index is 448. The predicted octanol–water partition coefficient (Wildman–Crippen LogP) is 2.49. The molecule has 0 atom stereocenters. The summed E-state index contributed by atoms with van der Waals surface area (Å²) in [6.07, 6.45) is 3.91. The maximum Gasteiger partial charge on any atom is 0.407 e. The van der Waals surface area contributed by atoms with Crippen molar-refractivity contribution in [3.8, 4) is 0 Å². The van der Waals surface area contributed by atoms with Crippen molar-refractivity contribution in [1.82, 2.24) is 10.6 Å². The third-order valence-electron chi connectivity index (χ3n) is 3.63. The van der Waals surface area contributed by atoms with Gasteiger partial charge in [0.1, 0.15) is 12.2 Å². The number of carbonyl (C=O) groups is 2. The number of unbranched alkanes of at least 4 members (excludes halogenated alkanes) is 3. The van der Waals surface area contributed by atoms with Crippen LogP contribution in [0.15, 0.2) is 0 Å². The quantitative estimate of drug-likeness (QED) is 0.209. The van der Waals surface area contributed by atoms with E-state index >= 15 is 0 Å². The van der Waals surface area contributed by atoms with Gasteiger partial charge in [0.25, 0.3) is 0 Å². The average Bonchev–Trinajstić information content (AvgIpc) is 2.69. The minimum atomic E-state index is -0.524. The number of amides is 2. The SMILES string of the molecule is CC(C)(C)OC(=O)NCCOCCOCC(=O)NCCOCCOCCCCCCCl. The van der Waals surface area contributed by atoms with Crippen LogP contribution >= 0.6 is 11.6 Å². The molecule has 0 radical (unpaired) electrons. The number of halogens is 1. The molecular weight excluding hydrogens is 428 g/mol. The van der Waals surface area contributed by atoms with Crippen LogP contribution in [0, 0.1) is 0 Å². The van der Waals surface area contributed by atoms with Gasteiger partial charge in [0.05, 0.1) is 39.6 Å². The molecule has 0 heterocycles. The molecule has 0 aromatic heterocycles. The fourth-order valence-corrected chi connectivity index (χ4v) is 2.40. The van der Waals surface area contributed by atoms with Gasteiger partial charge in [-0.2, -0.15) is 0 Å². The van der Waals surface area contributed by atoms with E-state index in [1.807, 2.05) is 0 Å². The molecule has 31 heavy (non-hydrogen) atoms. The molecule has 0 unspecified atom stereocenters. The lowest BCUT2D eigenvalue weighted by atomic mass is 10.2. The minimum Gasteiger partial charge on any atom is -0.444 e. The van der Waals surface area contributed by atoms with E-state index in [0.717, 1.165) is 38.2 Å². The highest BCUT2D eigenvalue weighted by atomic mass is 35.5. The topological polar surface area (TPSA) is 104 Å². The van der Waals surface area contributed by atoms with Crippen molar-refractivity contribution in [2.24, 2.45) is 0 Å². The van der Waals surface area contributed by atoms with E-state index in [1.165, 1.54) is 0 Å². The first-order valence-corrected chi connectivity index (χ1v) is 11.5. The molecule has 0 aliphatic rings. The van der Waals surface area contributed by atoms with Crippen molar-refractivity contribution < 1.29 is 33.3 Å². The van der Waals surface area contributed by atoms with Crippen molar-refractivity contribution >= 4 is 23.6 Å². The summed E-state index contributed by atoms with van der Waals surface area (Å²) in [5.74, 6) is 0.519. The molecule has 10 heteroatoms. The summed E-state index contributed by atoms with van der Waals surface area (Å²) in [4.78, 5) is 23.0. The second kappa shape index (κ2) is 20.8. The molecule has 0 rings (SSSR count). The van der Waals surface area contributed by atoms with Gasteiger partial charge < -0.3 is 34.3 Å². The van der Waals surface area contributed by atoms with Gasteiger partial charge >= 0.3 is 6.09 Å². The molecule has 0 fully saturated rings. The number of hydrogen-bond acceptors (Lipinski definition) is 7. The number of alkyl carbamates (subject to hydrolysis) is 1. The highest BCUT2D eigenvalue weighted by Crippen LogP contribution is 2.06. The second-order valence-corrected chi connectivity index (χ2v) is 8.15. The number of hydrogen-bond donors (Lipinski definition) is 2. The number of rotatable bonds is 20. The van der Waals surface area contributed by atoms with Crippen LogP contribution in [0.5, 0.6) is 0 Å². The van der Waals surface area contributed by atoms with Crippen LogP contribution in [-0.4, -0.2) is 89.4 Å². The molecular formula is C21H41ClN2O7. The lowest BCUT2D eigenvalue weighted by Crippen LogP contribution is -2.34. The van der Waals surface area contributed by atoms with Gasteiger partial charge in [-0.25, -0.2) is 4.79 Å². The normalized spacial score (nSPS) is 11.4. The summed E-state index contributed by atoms with van der Waals surface area (Å²) in [6, 6.07) is 0. The van der Waals surface area contributed by atoms with Gasteiger partial charge in [0.2, 0.25) is 5.91 Å². The third kappa shape index (κ3) is 25.0. The molecule has 0 bridgehead atoms. The van der Waals surface area contributed by atoms with Gasteiger partial charge in [-0.05, 0) is 33.6 Å². The van der Waals surface area contributed by atoms with Crippen molar-refractivity contribution in [1.29, 1.82) is 0 Å². The van der Waals surface area contributed by atoms with Crippen molar-refractivity contribution in [2.45, 2.75) is 52.1 Å². The van der Waals surface area contributed by atoms with Crippen LogP contribution in [0.1, 0.15) is 46.5 Å². The Hall–Kier alpha value is -1.13. The molecule has 0 spiro atoms. The van der Waals surface area contributed by atoms with Crippen LogP contribution in [0.3, 0.4) is 0 Å². The highest BCUT2D eigenvalue weighted by Gasteiger charge is 2.15. The maximum absolute atomic E-state index is 11.6. The monoisotopic (exact) mass is 468 g/mol. The first-order chi connectivity index (χ1) is 14.8. The second-order valence-electron chi connectivity index (χ2n) is 7.77. The zero-order chi connectivity index (χ0) is 23.2. The third-order valence-corrected chi connectivity index (χ3v) is 3.90. The van der Waals surface area contributed by atoms with Gasteiger partial charge in [-0.3, -0.25) is 4.79 Å². The molecule has 2 amide bonds. The van der Waals surface area contributed by atoms with E-state index in [2.05, 4.69) is 10.6 Å². The molecule has 0 saturated heterocycles. The standard InChI is InChI=1S/C21H41ClN2O7/c1-21(2,3)31-20(26)24-10-13-29-16-17-30-18-19(25)23-9-12-28-15-14-27-11-7-5-4-6-8-22/h4-18H2,1-3H3,(H,23,25)(H,24,26). The van der Waals surface area contributed by atoms with E-state index in [9.17, 15) is 9.59 Å². The zero-order valence-corrected chi connectivity index (χ0v) is 20.1. The molecule has 0 aromatic carbocycles. The fourth-order valence-electron chi connectivity index (χ4n) is 2.21. The summed E-state index contributed by atoms with van der Waals surface area (Å²) >= 11 is 5.62. The Morgan fingerprint density at radius 2 is 1.26 bits per heavy atom. The Morgan fingerprint density at radius 3 is 1.87 bits per heavy atom. The summed E-state index contributed by atoms with van der Waals surface area (Å²) < 4.78 is 26.5.